The molecule has 188 valence electrons. The number of halogens is 2. The van der Waals surface area contributed by atoms with Gasteiger partial charge in [-0.1, -0.05) is 65.7 Å². The van der Waals surface area contributed by atoms with E-state index in [2.05, 4.69) is 17.4 Å². The van der Waals surface area contributed by atoms with Crippen molar-refractivity contribution in [3.63, 3.8) is 0 Å². The van der Waals surface area contributed by atoms with Crippen LogP contribution < -0.4 is 14.8 Å². The molecule has 0 bridgehead atoms. The second-order valence-corrected chi connectivity index (χ2v) is 10.6. The number of hydrogen-bond acceptors (Lipinski definition) is 5. The van der Waals surface area contributed by atoms with E-state index in [1.807, 2.05) is 60.7 Å². The average Bonchev–Trinajstić information content (AvgIpc) is 3.49. The number of thiophene rings is 1. The number of carbonyl (C=O) groups excluding carboxylic acids is 1. The van der Waals surface area contributed by atoms with Gasteiger partial charge in [-0.2, -0.15) is 0 Å². The Hall–Kier alpha value is -3.45. The third kappa shape index (κ3) is 6.28. The minimum absolute atomic E-state index is 0.263. The molecule has 2 heterocycles. The summed E-state index contributed by atoms with van der Waals surface area (Å²) in [6.07, 6.45) is 2.49. The van der Waals surface area contributed by atoms with Gasteiger partial charge >= 0.3 is 0 Å². The van der Waals surface area contributed by atoms with Gasteiger partial charge in [-0.05, 0) is 41.5 Å². The maximum Gasteiger partial charge on any atom is 0.253 e. The van der Waals surface area contributed by atoms with E-state index in [1.165, 1.54) is 11.3 Å². The molecular weight excluding hydrogens is 529 g/mol. The van der Waals surface area contributed by atoms with Crippen LogP contribution in [0.2, 0.25) is 8.67 Å². The van der Waals surface area contributed by atoms with Crippen molar-refractivity contribution in [2.75, 3.05) is 13.2 Å². The van der Waals surface area contributed by atoms with Crippen molar-refractivity contribution >= 4 is 51.4 Å². The lowest BCUT2D eigenvalue weighted by Crippen LogP contribution is -2.22. The Kier molecular flexibility index (Phi) is 7.99. The molecule has 3 aromatic carbocycles. The Morgan fingerprint density at radius 2 is 1.68 bits per heavy atom. The zero-order chi connectivity index (χ0) is 25.6. The third-order valence-corrected chi connectivity index (χ3v) is 7.20. The molecular formula is C29H23Cl2NO4S. The summed E-state index contributed by atoms with van der Waals surface area (Å²) in [5, 5.41) is 3.91. The van der Waals surface area contributed by atoms with E-state index < -0.39 is 0 Å². The molecule has 0 saturated heterocycles. The first-order valence-electron chi connectivity index (χ1n) is 11.7. The van der Waals surface area contributed by atoms with E-state index in [4.69, 9.17) is 37.1 Å². The van der Waals surface area contributed by atoms with E-state index in [1.54, 1.807) is 12.3 Å². The van der Waals surface area contributed by atoms with Crippen molar-refractivity contribution in [2.45, 2.75) is 13.0 Å². The molecule has 1 amide bonds. The molecule has 0 aliphatic carbocycles. The lowest BCUT2D eigenvalue weighted by Gasteiger charge is -2.10. The number of carbonyl (C=O) groups is 1. The molecule has 0 saturated carbocycles. The highest BCUT2D eigenvalue weighted by molar-refractivity contribution is 7.20. The fraction of sp³-hybridized carbons (Fsp3) is 0.138. The summed E-state index contributed by atoms with van der Waals surface area (Å²) < 4.78 is 18.4. The lowest BCUT2D eigenvalue weighted by atomic mass is 10.1. The highest BCUT2D eigenvalue weighted by Crippen LogP contribution is 2.33. The first-order chi connectivity index (χ1) is 18.1. The molecule has 2 aromatic heterocycles. The Balaban J connectivity index is 1.08. The van der Waals surface area contributed by atoms with Crippen molar-refractivity contribution in [3.05, 3.63) is 105 Å². The van der Waals surface area contributed by atoms with Gasteiger partial charge in [0.2, 0.25) is 0 Å². The molecule has 37 heavy (non-hydrogen) atoms. The number of hydrogen-bond donors (Lipinski definition) is 1. The average molecular weight is 552 g/mol. The number of ether oxygens (including phenoxy) is 2. The summed E-state index contributed by atoms with van der Waals surface area (Å²) >= 11 is 13.1. The van der Waals surface area contributed by atoms with Gasteiger partial charge in [0, 0.05) is 30.0 Å². The predicted octanol–water partition coefficient (Wildman–Crippen LogP) is 8.25. The van der Waals surface area contributed by atoms with Crippen LogP contribution in [-0.2, 0) is 6.54 Å². The quantitative estimate of drug-likeness (QED) is 0.177. The normalized spacial score (nSPS) is 11.0. The predicted molar refractivity (Wildman–Crippen MR) is 149 cm³/mol. The van der Waals surface area contributed by atoms with Crippen LogP contribution in [0.15, 0.2) is 89.5 Å². The van der Waals surface area contributed by atoms with Crippen molar-refractivity contribution in [3.8, 4) is 22.6 Å². The van der Waals surface area contributed by atoms with Crippen LogP contribution in [0.5, 0.6) is 11.5 Å². The monoisotopic (exact) mass is 551 g/mol. The Morgan fingerprint density at radius 3 is 2.43 bits per heavy atom. The van der Waals surface area contributed by atoms with E-state index in [9.17, 15) is 4.79 Å². The molecule has 8 heteroatoms. The van der Waals surface area contributed by atoms with Crippen molar-refractivity contribution in [2.24, 2.45) is 0 Å². The summed E-state index contributed by atoms with van der Waals surface area (Å²) in [6.45, 7) is 1.36. The first-order valence-corrected chi connectivity index (χ1v) is 13.3. The van der Waals surface area contributed by atoms with Gasteiger partial charge in [-0.3, -0.25) is 4.79 Å². The van der Waals surface area contributed by atoms with Gasteiger partial charge in [0.1, 0.15) is 21.4 Å². The Labute approximate surface area is 228 Å². The van der Waals surface area contributed by atoms with Gasteiger partial charge in [-0.25, -0.2) is 0 Å². The van der Waals surface area contributed by atoms with Gasteiger partial charge in [0.15, 0.2) is 0 Å². The van der Waals surface area contributed by atoms with E-state index in [0.717, 1.165) is 39.2 Å². The number of nitrogens with one attached hydrogen (secondary N) is 1. The smallest absolute Gasteiger partial charge is 0.253 e. The van der Waals surface area contributed by atoms with Gasteiger partial charge in [0.05, 0.1) is 29.4 Å². The summed E-state index contributed by atoms with van der Waals surface area (Å²) in [7, 11) is 0. The molecule has 0 radical (unpaired) electrons. The van der Waals surface area contributed by atoms with Crippen LogP contribution in [-0.4, -0.2) is 19.1 Å². The molecule has 0 unspecified atom stereocenters. The van der Waals surface area contributed by atoms with Crippen molar-refractivity contribution in [1.82, 2.24) is 5.32 Å². The van der Waals surface area contributed by atoms with E-state index in [-0.39, 0.29) is 5.91 Å². The molecule has 0 fully saturated rings. The molecule has 5 nitrogen and oxygen atoms in total. The van der Waals surface area contributed by atoms with Crippen LogP contribution >= 0.6 is 34.5 Å². The number of amides is 1. The van der Waals surface area contributed by atoms with Gasteiger partial charge in [0.25, 0.3) is 5.91 Å². The zero-order valence-electron chi connectivity index (χ0n) is 19.7. The van der Waals surface area contributed by atoms with Crippen molar-refractivity contribution < 1.29 is 18.7 Å². The summed E-state index contributed by atoms with van der Waals surface area (Å²) in [4.78, 5) is 12.3. The molecule has 0 atom stereocenters. The highest BCUT2D eigenvalue weighted by atomic mass is 35.5. The molecule has 0 aliphatic heterocycles. The highest BCUT2D eigenvalue weighted by Gasteiger charge is 2.14. The molecule has 5 rings (SSSR count). The minimum Gasteiger partial charge on any atom is -0.493 e. The van der Waals surface area contributed by atoms with Crippen LogP contribution in [0.3, 0.4) is 0 Å². The summed E-state index contributed by atoms with van der Waals surface area (Å²) in [5.41, 5.74) is 4.28. The molecule has 5 aromatic rings. The van der Waals surface area contributed by atoms with Crippen LogP contribution in [0, 0.1) is 0 Å². The maximum atomic E-state index is 12.3. The van der Waals surface area contributed by atoms with Gasteiger partial charge < -0.3 is 19.2 Å². The third-order valence-electron chi connectivity index (χ3n) is 5.71. The number of rotatable bonds is 10. The van der Waals surface area contributed by atoms with Gasteiger partial charge in [-0.15, -0.1) is 11.3 Å². The van der Waals surface area contributed by atoms with Crippen LogP contribution in [0.25, 0.3) is 22.1 Å². The van der Waals surface area contributed by atoms with Crippen molar-refractivity contribution in [1.29, 1.82) is 0 Å². The maximum absolute atomic E-state index is 12.3. The standard InChI is InChI=1S/C29H23Cl2NO4S/c30-27-16-24(28(31)37-27)29(33)32-17-19-6-4-9-21(14-19)34-12-5-13-35-22-10-11-23-25(18-36-26(23)15-22)20-7-2-1-3-8-20/h1-4,6-11,14-16,18H,5,12-13,17H2,(H,32,33). The molecule has 1 N–H and O–H groups in total. The Morgan fingerprint density at radius 1 is 0.892 bits per heavy atom. The minimum atomic E-state index is -0.263. The summed E-state index contributed by atoms with van der Waals surface area (Å²) in [5.74, 6) is 1.22. The molecule has 0 spiro atoms. The van der Waals surface area contributed by atoms with E-state index >= 15 is 0 Å². The second-order valence-electron chi connectivity index (χ2n) is 8.29. The largest absolute Gasteiger partial charge is 0.493 e. The number of fused-ring (bicyclic) bond motifs is 1. The fourth-order valence-electron chi connectivity index (χ4n) is 3.90. The second kappa shape index (κ2) is 11.7. The first kappa shape index (κ1) is 25.2. The molecule has 0 aliphatic rings. The van der Waals surface area contributed by atoms with Crippen LogP contribution in [0.4, 0.5) is 0 Å². The summed E-state index contributed by atoms with van der Waals surface area (Å²) in [6, 6.07) is 25.2. The lowest BCUT2D eigenvalue weighted by molar-refractivity contribution is 0.0951. The number of benzene rings is 3. The van der Waals surface area contributed by atoms with E-state index in [0.29, 0.717) is 40.4 Å². The SMILES string of the molecule is O=C(NCc1cccc(OCCCOc2ccc3c(-c4ccccc4)coc3c2)c1)c1cc(Cl)sc1Cl. The number of furan rings is 1. The fourth-order valence-corrected chi connectivity index (χ4v) is 5.35. The Bertz CT molecular complexity index is 1510. The zero-order valence-corrected chi connectivity index (χ0v) is 22.0. The topological polar surface area (TPSA) is 60.7 Å². The van der Waals surface area contributed by atoms with Crippen LogP contribution in [0.1, 0.15) is 22.3 Å².